The number of aliphatic hydroxyl groups excluding tert-OH is 1. The Balaban J connectivity index is 0.000000516. The number of carboxylic acid groups (broad SMARTS) is 2. The van der Waals surface area contributed by atoms with Gasteiger partial charge >= 0.3 is 11.9 Å². The molecule has 39 heavy (non-hydrogen) atoms. The lowest BCUT2D eigenvalue weighted by molar-refractivity contribution is -0.159. The quantitative estimate of drug-likeness (QED) is 0.309. The molecule has 0 saturated carbocycles. The summed E-state index contributed by atoms with van der Waals surface area (Å²) in [5.74, 6) is -1.98. The number of aryl methyl sites for hydroxylation is 1. The van der Waals surface area contributed by atoms with Crippen molar-refractivity contribution in [3.8, 4) is 22.8 Å². The molecule has 1 aliphatic rings. The van der Waals surface area contributed by atoms with Crippen molar-refractivity contribution in [1.29, 1.82) is 0 Å². The molecule has 0 bridgehead atoms. The largest absolute Gasteiger partial charge is 0.497 e. The number of morpholine rings is 1. The average Bonchev–Trinajstić information content (AvgIpc) is 3.36. The highest BCUT2D eigenvalue weighted by Crippen LogP contribution is 2.34. The van der Waals surface area contributed by atoms with Crippen molar-refractivity contribution in [2.24, 2.45) is 7.05 Å². The van der Waals surface area contributed by atoms with Gasteiger partial charge < -0.3 is 34.8 Å². The van der Waals surface area contributed by atoms with Crippen LogP contribution in [0.25, 0.3) is 11.3 Å². The monoisotopic (exact) mass is 544 g/mol. The van der Waals surface area contributed by atoms with Crippen LogP contribution in [0.5, 0.6) is 11.5 Å². The molecule has 0 aliphatic carbocycles. The fourth-order valence-corrected chi connectivity index (χ4v) is 3.55. The maximum Gasteiger partial charge on any atom is 0.414 e. The molecule has 0 radical (unpaired) electrons. The lowest BCUT2D eigenvalue weighted by Gasteiger charge is -2.26. The van der Waals surface area contributed by atoms with Crippen LogP contribution in [-0.4, -0.2) is 95.1 Å². The molecular weight excluding hydrogens is 508 g/mol. The number of aromatic nitrogens is 2. The summed E-state index contributed by atoms with van der Waals surface area (Å²) in [6, 6.07) is 16.0. The minimum atomic E-state index is -1.82. The molecule has 212 valence electrons. The number of carboxylic acids is 2. The molecule has 3 aromatic rings. The summed E-state index contributed by atoms with van der Waals surface area (Å²) in [4.78, 5) is 20.6. The van der Waals surface area contributed by atoms with E-state index in [0.717, 1.165) is 67.0 Å². The highest BCUT2D eigenvalue weighted by atomic mass is 16.5. The number of hydrogen-bond acceptors (Lipinski definition) is 9. The zero-order valence-corrected chi connectivity index (χ0v) is 22.4. The minimum absolute atomic E-state index is 0.250. The summed E-state index contributed by atoms with van der Waals surface area (Å²) in [5, 5.41) is 30.1. The second-order valence-corrected chi connectivity index (χ2v) is 8.14. The number of benzene rings is 2. The molecule has 4 N–H and O–H groups in total. The first-order chi connectivity index (χ1) is 18.8. The Labute approximate surface area is 227 Å². The number of methoxy groups -OCH3 is 1. The number of nitrogens with one attached hydrogen (secondary N) is 1. The lowest BCUT2D eigenvalue weighted by Crippen LogP contribution is -2.38. The third kappa shape index (κ3) is 10.6. The van der Waals surface area contributed by atoms with Gasteiger partial charge in [-0.05, 0) is 43.3 Å². The molecule has 1 aromatic heterocycles. The van der Waals surface area contributed by atoms with Gasteiger partial charge in [0.05, 0.1) is 26.0 Å². The SMILES string of the molecule is CCO.COc1cccc(Nc2ccc(OCCN3CCOCC3)c(-c3ccnn3C)c2)c1.O=C(O)C(=O)O. The van der Waals surface area contributed by atoms with E-state index < -0.39 is 11.9 Å². The van der Waals surface area contributed by atoms with Crippen molar-refractivity contribution < 1.29 is 39.1 Å². The first-order valence-corrected chi connectivity index (χ1v) is 12.3. The third-order valence-corrected chi connectivity index (χ3v) is 5.39. The van der Waals surface area contributed by atoms with E-state index in [-0.39, 0.29) is 6.61 Å². The van der Waals surface area contributed by atoms with Crippen LogP contribution >= 0.6 is 0 Å². The van der Waals surface area contributed by atoms with Crippen LogP contribution in [-0.2, 0) is 21.4 Å². The highest BCUT2D eigenvalue weighted by molar-refractivity contribution is 6.27. The van der Waals surface area contributed by atoms with Crippen molar-refractivity contribution in [3.63, 3.8) is 0 Å². The van der Waals surface area contributed by atoms with Gasteiger partial charge in [-0.15, -0.1) is 0 Å². The molecule has 0 amide bonds. The number of anilines is 2. The molecule has 4 rings (SSSR count). The van der Waals surface area contributed by atoms with Crippen molar-refractivity contribution in [2.75, 3.05) is 58.5 Å². The van der Waals surface area contributed by atoms with Crippen LogP contribution in [0, 0.1) is 0 Å². The van der Waals surface area contributed by atoms with Gasteiger partial charge in [-0.25, -0.2) is 9.59 Å². The number of rotatable bonds is 8. The van der Waals surface area contributed by atoms with Crippen LogP contribution in [0.2, 0.25) is 0 Å². The van der Waals surface area contributed by atoms with E-state index in [9.17, 15) is 0 Å². The summed E-state index contributed by atoms with van der Waals surface area (Å²) in [6.07, 6.45) is 1.80. The van der Waals surface area contributed by atoms with E-state index in [1.54, 1.807) is 20.2 Å². The smallest absolute Gasteiger partial charge is 0.414 e. The first-order valence-electron chi connectivity index (χ1n) is 12.3. The predicted octanol–water partition coefficient (Wildman–Crippen LogP) is 2.70. The fourth-order valence-electron chi connectivity index (χ4n) is 3.55. The summed E-state index contributed by atoms with van der Waals surface area (Å²) >= 11 is 0. The second-order valence-electron chi connectivity index (χ2n) is 8.14. The molecule has 0 spiro atoms. The summed E-state index contributed by atoms with van der Waals surface area (Å²) in [6.45, 7) is 6.96. The van der Waals surface area contributed by atoms with Crippen molar-refractivity contribution in [3.05, 3.63) is 54.7 Å². The van der Waals surface area contributed by atoms with Crippen molar-refractivity contribution in [2.45, 2.75) is 6.92 Å². The Bertz CT molecular complexity index is 1170. The zero-order valence-electron chi connectivity index (χ0n) is 22.4. The van der Waals surface area contributed by atoms with Crippen molar-refractivity contribution >= 4 is 23.3 Å². The Morgan fingerprint density at radius 2 is 1.72 bits per heavy atom. The maximum atomic E-state index is 9.10. The number of hydrogen-bond donors (Lipinski definition) is 4. The van der Waals surface area contributed by atoms with Crippen molar-refractivity contribution in [1.82, 2.24) is 14.7 Å². The highest BCUT2D eigenvalue weighted by Gasteiger charge is 2.14. The molecule has 1 aliphatic heterocycles. The molecule has 1 fully saturated rings. The first kappa shape index (κ1) is 31.1. The molecule has 2 heterocycles. The van der Waals surface area contributed by atoms with E-state index >= 15 is 0 Å². The van der Waals surface area contributed by atoms with Gasteiger partial charge in [0.25, 0.3) is 0 Å². The zero-order chi connectivity index (χ0) is 28.6. The molecule has 2 aromatic carbocycles. The molecular formula is C27H36N4O8. The van der Waals surface area contributed by atoms with E-state index in [1.807, 2.05) is 54.2 Å². The fraction of sp³-hybridized carbons (Fsp3) is 0.370. The predicted molar refractivity (Wildman–Crippen MR) is 146 cm³/mol. The van der Waals surface area contributed by atoms with E-state index in [0.29, 0.717) is 6.61 Å². The van der Waals surface area contributed by atoms with Crippen LogP contribution in [0.4, 0.5) is 11.4 Å². The van der Waals surface area contributed by atoms with Gasteiger partial charge in [-0.1, -0.05) is 6.07 Å². The third-order valence-electron chi connectivity index (χ3n) is 5.39. The van der Waals surface area contributed by atoms with Gasteiger partial charge in [-0.2, -0.15) is 5.10 Å². The van der Waals surface area contributed by atoms with E-state index in [1.165, 1.54) is 0 Å². The lowest BCUT2D eigenvalue weighted by atomic mass is 10.1. The number of aliphatic carboxylic acids is 2. The molecule has 12 nitrogen and oxygen atoms in total. The summed E-state index contributed by atoms with van der Waals surface area (Å²) in [7, 11) is 3.61. The molecule has 0 atom stereocenters. The van der Waals surface area contributed by atoms with Gasteiger partial charge in [0.1, 0.15) is 18.1 Å². The maximum absolute atomic E-state index is 9.10. The molecule has 1 saturated heterocycles. The Morgan fingerprint density at radius 1 is 1.05 bits per heavy atom. The van der Waals surface area contributed by atoms with Gasteiger partial charge in [0.2, 0.25) is 0 Å². The van der Waals surface area contributed by atoms with E-state index in [2.05, 4.69) is 21.4 Å². The van der Waals surface area contributed by atoms with Crippen LogP contribution in [0.15, 0.2) is 54.7 Å². The summed E-state index contributed by atoms with van der Waals surface area (Å²) < 4.78 is 18.8. The van der Waals surface area contributed by atoms with E-state index in [4.69, 9.17) is 39.1 Å². The van der Waals surface area contributed by atoms with Gasteiger partial charge in [-0.3, -0.25) is 9.58 Å². The topological polar surface area (TPSA) is 156 Å². The minimum Gasteiger partial charge on any atom is -0.497 e. The number of carbonyl (C=O) groups is 2. The van der Waals surface area contributed by atoms with Crippen LogP contribution in [0.3, 0.4) is 0 Å². The average molecular weight is 545 g/mol. The summed E-state index contributed by atoms with van der Waals surface area (Å²) in [5.41, 5.74) is 3.95. The number of aliphatic hydroxyl groups is 1. The Hall–Kier alpha value is -4.13. The Morgan fingerprint density at radius 3 is 2.31 bits per heavy atom. The molecule has 0 unspecified atom stereocenters. The van der Waals surface area contributed by atoms with Gasteiger partial charge in [0, 0.05) is 62.5 Å². The standard InChI is InChI=1S/C23H28N4O3.C2H2O4.C2H6O/c1-26-22(8-9-24-26)21-17-19(25-18-4-3-5-20(16-18)28-2)6-7-23(21)30-15-12-27-10-13-29-14-11-27;3-1(4)2(5)6;1-2-3/h3-9,16-17,25H,10-15H2,1-2H3;(H,3,4)(H,5,6);3H,2H2,1H3. The number of nitrogens with zero attached hydrogens (tertiary/aromatic N) is 3. The second kappa shape index (κ2) is 16.7. The Kier molecular flexibility index (Phi) is 13.3. The molecule has 12 heteroatoms. The van der Waals surface area contributed by atoms with Gasteiger partial charge in [0.15, 0.2) is 0 Å². The van der Waals surface area contributed by atoms with Crippen LogP contribution in [0.1, 0.15) is 6.92 Å². The van der Waals surface area contributed by atoms with Crippen LogP contribution < -0.4 is 14.8 Å². The number of ether oxygens (including phenoxy) is 3. The normalized spacial score (nSPS) is 12.7.